The second kappa shape index (κ2) is 11.8. The molecule has 0 radical (unpaired) electrons. The third-order valence-corrected chi connectivity index (χ3v) is 12.7. The van der Waals surface area contributed by atoms with E-state index in [9.17, 15) is 14.4 Å². The summed E-state index contributed by atoms with van der Waals surface area (Å²) in [5.74, 6) is 3.56. The summed E-state index contributed by atoms with van der Waals surface area (Å²) in [5.41, 5.74) is 1.19. The van der Waals surface area contributed by atoms with E-state index in [4.69, 9.17) is 4.74 Å². The summed E-state index contributed by atoms with van der Waals surface area (Å²) in [6.45, 7) is 13.6. The van der Waals surface area contributed by atoms with Crippen molar-refractivity contribution in [3.63, 3.8) is 0 Å². The summed E-state index contributed by atoms with van der Waals surface area (Å²) in [7, 11) is 0. The molecule has 0 unspecified atom stereocenters. The minimum absolute atomic E-state index is 0.113. The van der Waals surface area contributed by atoms with Crippen LogP contribution in [0.1, 0.15) is 112 Å². The number of benzene rings is 1. The number of para-hydroxylation sites is 1. The van der Waals surface area contributed by atoms with Gasteiger partial charge in [-0.3, -0.25) is 4.79 Å². The average Bonchev–Trinajstić information content (AvgIpc) is 3.48. The van der Waals surface area contributed by atoms with Crippen molar-refractivity contribution in [1.82, 2.24) is 14.3 Å². The highest BCUT2D eigenvalue weighted by Gasteiger charge is 2.61. The quantitative estimate of drug-likeness (QED) is 0.251. The molecule has 7 nitrogen and oxygen atoms in total. The number of hydrogen-bond acceptors (Lipinski definition) is 4. The molecule has 7 heteroatoms. The molecule has 1 aromatic heterocycles. The molecule has 4 aliphatic rings. The first-order chi connectivity index (χ1) is 20.9. The molecule has 6 rings (SSSR count). The zero-order chi connectivity index (χ0) is 31.4. The number of nitrogens with one attached hydrogen (secondary N) is 1. The molecule has 0 bridgehead atoms. The minimum Gasteiger partial charge on any atom is -0.458 e. The Morgan fingerprint density at radius 2 is 1.75 bits per heavy atom. The highest BCUT2D eigenvalue weighted by molar-refractivity contribution is 5.66. The standard InChI is InChI=1S/C37H53N3O4/c1-23(2)11-10-12-24(3)29-15-16-30-28-22-33(40-35(43)39(34(42)38-40)26-13-8-7-9-14-26)32-21-27(44-25(4)41)17-19-37(32,6)31(28)18-20-36(29,30)5/h7-9,13-14,21,23-24,27-31,33H,10-12,15-20,22H2,1-6H3,(H,38,42)/t24-,27+,28+,29-,30+,31+,33-,36-,37-/m1/s1. The SMILES string of the molecule is CC(=O)O[C@@H]1C=C2[C@H](n3[nH]c(=O)n(-c4ccccc4)c3=O)C[C@H]3[C@@H]4CC[C@H]([C@H](C)CCCC(C)C)[C@@]4(C)CC[C@@H]3[C@@]2(C)CC1. The maximum Gasteiger partial charge on any atom is 0.352 e. The van der Waals surface area contributed by atoms with Crippen LogP contribution in [0.3, 0.4) is 0 Å². The van der Waals surface area contributed by atoms with Gasteiger partial charge in [0.15, 0.2) is 0 Å². The number of carbonyl (C=O) groups excluding carboxylic acids is 1. The molecule has 3 saturated carbocycles. The van der Waals surface area contributed by atoms with Gasteiger partial charge in [0.1, 0.15) is 6.10 Å². The summed E-state index contributed by atoms with van der Waals surface area (Å²) in [5, 5.41) is 2.97. The molecule has 0 amide bonds. The molecule has 0 saturated heterocycles. The predicted octanol–water partition coefficient (Wildman–Crippen LogP) is 7.45. The second-order valence-corrected chi connectivity index (χ2v) is 15.6. The second-order valence-electron chi connectivity index (χ2n) is 15.6. The number of aromatic nitrogens is 3. The van der Waals surface area contributed by atoms with E-state index in [0.717, 1.165) is 37.0 Å². The average molecular weight is 604 g/mol. The Balaban J connectivity index is 1.38. The van der Waals surface area contributed by atoms with Gasteiger partial charge >= 0.3 is 17.3 Å². The fourth-order valence-corrected chi connectivity index (χ4v) is 10.7. The van der Waals surface area contributed by atoms with E-state index < -0.39 is 5.69 Å². The lowest BCUT2D eigenvalue weighted by Crippen LogP contribution is -2.54. The molecule has 2 aromatic rings. The Labute approximate surface area is 262 Å². The van der Waals surface area contributed by atoms with Crippen LogP contribution in [0.5, 0.6) is 0 Å². The van der Waals surface area contributed by atoms with Crippen LogP contribution in [0.25, 0.3) is 5.69 Å². The summed E-state index contributed by atoms with van der Waals surface area (Å²) in [4.78, 5) is 39.3. The number of nitrogens with zero attached hydrogens (tertiary/aromatic N) is 2. The first kappa shape index (κ1) is 31.2. The molecule has 1 N–H and O–H groups in total. The zero-order valence-corrected chi connectivity index (χ0v) is 27.7. The number of esters is 1. The van der Waals surface area contributed by atoms with Crippen LogP contribution in [0.15, 0.2) is 51.6 Å². The third-order valence-electron chi connectivity index (χ3n) is 12.7. The normalized spacial score (nSPS) is 35.4. The van der Waals surface area contributed by atoms with Crippen molar-refractivity contribution >= 4 is 5.97 Å². The van der Waals surface area contributed by atoms with Gasteiger partial charge in [-0.1, -0.05) is 72.1 Å². The van der Waals surface area contributed by atoms with Crippen LogP contribution in [0.4, 0.5) is 0 Å². The van der Waals surface area contributed by atoms with Crippen molar-refractivity contribution < 1.29 is 9.53 Å². The number of allylic oxidation sites excluding steroid dienone is 1. The van der Waals surface area contributed by atoms with Crippen LogP contribution in [-0.2, 0) is 9.53 Å². The van der Waals surface area contributed by atoms with Crippen LogP contribution in [0.2, 0.25) is 0 Å². The molecular weight excluding hydrogens is 550 g/mol. The Morgan fingerprint density at radius 1 is 1.00 bits per heavy atom. The predicted molar refractivity (Wildman–Crippen MR) is 174 cm³/mol. The monoisotopic (exact) mass is 603 g/mol. The van der Waals surface area contributed by atoms with Gasteiger partial charge < -0.3 is 4.74 Å². The van der Waals surface area contributed by atoms with E-state index in [0.29, 0.717) is 28.9 Å². The minimum atomic E-state index is -0.414. The van der Waals surface area contributed by atoms with Crippen molar-refractivity contribution in [2.24, 2.45) is 46.3 Å². The van der Waals surface area contributed by atoms with Crippen LogP contribution in [0, 0.1) is 46.3 Å². The first-order valence-electron chi connectivity index (χ1n) is 17.3. The van der Waals surface area contributed by atoms with Crippen molar-refractivity contribution in [2.45, 2.75) is 118 Å². The molecule has 240 valence electrons. The number of aromatic amines is 1. The summed E-state index contributed by atoms with van der Waals surface area (Å²) in [6.07, 6.45) is 13.3. The molecule has 4 aliphatic carbocycles. The van der Waals surface area contributed by atoms with Crippen molar-refractivity contribution in [3.8, 4) is 5.69 Å². The smallest absolute Gasteiger partial charge is 0.352 e. The number of ether oxygens (including phenoxy) is 1. The van der Waals surface area contributed by atoms with E-state index in [1.165, 1.54) is 62.0 Å². The molecule has 0 aliphatic heterocycles. The first-order valence-corrected chi connectivity index (χ1v) is 17.3. The molecule has 1 aromatic carbocycles. The number of hydrogen-bond donors (Lipinski definition) is 1. The Hall–Kier alpha value is -2.83. The van der Waals surface area contributed by atoms with Gasteiger partial charge in [-0.2, -0.15) is 0 Å². The zero-order valence-electron chi connectivity index (χ0n) is 27.7. The van der Waals surface area contributed by atoms with Crippen molar-refractivity contribution in [2.75, 3.05) is 0 Å². The Bertz CT molecular complexity index is 1500. The van der Waals surface area contributed by atoms with Crippen molar-refractivity contribution in [1.29, 1.82) is 0 Å². The molecular formula is C37H53N3O4. The third kappa shape index (κ3) is 5.26. The van der Waals surface area contributed by atoms with Gasteiger partial charge in [0.2, 0.25) is 0 Å². The maximum atomic E-state index is 14.1. The highest BCUT2D eigenvalue weighted by atomic mass is 16.5. The van der Waals surface area contributed by atoms with Gasteiger partial charge in [-0.15, -0.1) is 0 Å². The molecule has 1 heterocycles. The number of H-pyrrole nitrogens is 1. The van der Waals surface area contributed by atoms with E-state index in [-0.39, 0.29) is 29.2 Å². The van der Waals surface area contributed by atoms with Crippen LogP contribution < -0.4 is 11.4 Å². The molecule has 0 spiro atoms. The number of carbonyl (C=O) groups is 1. The molecule has 9 atom stereocenters. The Kier molecular flexibility index (Phi) is 8.38. The number of fused-ring (bicyclic) bond motifs is 5. The van der Waals surface area contributed by atoms with Gasteiger partial charge in [0.25, 0.3) is 0 Å². The summed E-state index contributed by atoms with van der Waals surface area (Å²) < 4.78 is 8.59. The lowest BCUT2D eigenvalue weighted by atomic mass is 9.45. The van der Waals surface area contributed by atoms with E-state index >= 15 is 0 Å². The highest BCUT2D eigenvalue weighted by Crippen LogP contribution is 2.69. The van der Waals surface area contributed by atoms with Crippen LogP contribution in [-0.4, -0.2) is 26.4 Å². The van der Waals surface area contributed by atoms with Crippen LogP contribution >= 0.6 is 0 Å². The van der Waals surface area contributed by atoms with E-state index in [1.807, 2.05) is 18.2 Å². The van der Waals surface area contributed by atoms with Gasteiger partial charge in [0.05, 0.1) is 11.7 Å². The maximum absolute atomic E-state index is 14.1. The lowest BCUT2D eigenvalue weighted by molar-refractivity contribution is -0.145. The van der Waals surface area contributed by atoms with Gasteiger partial charge in [-0.25, -0.2) is 23.9 Å². The van der Waals surface area contributed by atoms with E-state index in [1.54, 1.807) is 16.8 Å². The summed E-state index contributed by atoms with van der Waals surface area (Å²) >= 11 is 0. The Morgan fingerprint density at radius 3 is 2.45 bits per heavy atom. The fraction of sp³-hybridized carbons (Fsp3) is 0.703. The fourth-order valence-electron chi connectivity index (χ4n) is 10.7. The summed E-state index contributed by atoms with van der Waals surface area (Å²) in [6, 6.07) is 8.90. The van der Waals surface area contributed by atoms with Gasteiger partial charge in [0, 0.05) is 6.92 Å². The molecule has 44 heavy (non-hydrogen) atoms. The lowest BCUT2D eigenvalue weighted by Gasteiger charge is -2.60. The van der Waals surface area contributed by atoms with E-state index in [2.05, 4.69) is 45.8 Å². The van der Waals surface area contributed by atoms with Gasteiger partial charge in [-0.05, 0) is 115 Å². The number of rotatable bonds is 8. The molecule has 3 fully saturated rings. The topological polar surface area (TPSA) is 86.1 Å². The largest absolute Gasteiger partial charge is 0.458 e. The van der Waals surface area contributed by atoms with Crippen molar-refractivity contribution in [3.05, 3.63) is 62.9 Å².